The van der Waals surface area contributed by atoms with E-state index >= 15 is 0 Å². The number of rotatable bonds is 5. The second-order valence-corrected chi connectivity index (χ2v) is 10.4. The molecular weight excluding hydrogens is 525 g/mol. The maximum atomic E-state index is 14.2. The van der Waals surface area contributed by atoms with Crippen LogP contribution in [0.3, 0.4) is 0 Å². The van der Waals surface area contributed by atoms with Gasteiger partial charge in [0.2, 0.25) is 0 Å². The molecule has 6 rings (SSSR count). The number of carbonyl (C=O) groups is 1. The van der Waals surface area contributed by atoms with Gasteiger partial charge >= 0.3 is 12.1 Å². The van der Waals surface area contributed by atoms with Gasteiger partial charge < -0.3 is 23.9 Å². The molecule has 1 N–H and O–H groups in total. The molecule has 2 aliphatic rings. The Balaban J connectivity index is 1.50. The lowest BCUT2D eigenvalue weighted by atomic mass is 10.0. The van der Waals surface area contributed by atoms with Gasteiger partial charge in [0, 0.05) is 55.4 Å². The van der Waals surface area contributed by atoms with Crippen LogP contribution in [-0.2, 0) is 6.18 Å². The fourth-order valence-electron chi connectivity index (χ4n) is 5.68. The lowest BCUT2D eigenvalue weighted by Crippen LogP contribution is -2.26. The molecule has 208 valence electrons. The van der Waals surface area contributed by atoms with Crippen LogP contribution in [0, 0.1) is 0 Å². The number of fused-ring (bicyclic) bond motifs is 1. The molecule has 11 heteroatoms. The molecule has 4 heterocycles. The van der Waals surface area contributed by atoms with E-state index in [1.165, 1.54) is 16.7 Å². The number of pyridine rings is 1. The predicted octanol–water partition coefficient (Wildman–Crippen LogP) is 5.95. The molecule has 0 radical (unpaired) electrons. The number of halogens is 3. The summed E-state index contributed by atoms with van der Waals surface area (Å²) < 4.78 is 50.1. The Bertz CT molecular complexity index is 1670. The van der Waals surface area contributed by atoms with Crippen molar-refractivity contribution in [2.75, 3.05) is 29.4 Å². The van der Waals surface area contributed by atoms with E-state index in [9.17, 15) is 27.9 Å². The monoisotopic (exact) mass is 552 g/mol. The topological polar surface area (TPSA) is 91.8 Å². The Morgan fingerprint density at radius 3 is 2.50 bits per heavy atom. The fraction of sp³-hybridized carbons (Fsp3) is 0.345. The first-order valence-corrected chi connectivity index (χ1v) is 13.2. The first kappa shape index (κ1) is 26.0. The van der Waals surface area contributed by atoms with Crippen LogP contribution in [0.5, 0.6) is 0 Å². The highest BCUT2D eigenvalue weighted by molar-refractivity contribution is 5.88. The average molecular weight is 553 g/mol. The maximum Gasteiger partial charge on any atom is 0.418 e. The molecule has 2 aliphatic heterocycles. The zero-order chi connectivity index (χ0) is 28.2. The smallest absolute Gasteiger partial charge is 0.418 e. The van der Waals surface area contributed by atoms with Crippen molar-refractivity contribution in [2.24, 2.45) is 0 Å². The number of benzene rings is 2. The Morgan fingerprint density at radius 2 is 1.82 bits per heavy atom. The molecule has 0 amide bonds. The summed E-state index contributed by atoms with van der Waals surface area (Å²) in [6.07, 6.45) is 0.208. The molecule has 2 aromatic carbocycles. The second kappa shape index (κ2) is 9.72. The van der Waals surface area contributed by atoms with E-state index < -0.39 is 28.7 Å². The number of alkyl halides is 3. The predicted molar refractivity (Wildman–Crippen MR) is 144 cm³/mol. The molecule has 2 fully saturated rings. The van der Waals surface area contributed by atoms with E-state index in [0.29, 0.717) is 35.9 Å². The van der Waals surface area contributed by atoms with Gasteiger partial charge in [0.25, 0.3) is 6.01 Å². The molecule has 4 aromatic rings. The summed E-state index contributed by atoms with van der Waals surface area (Å²) in [7, 11) is 0. The Kier molecular flexibility index (Phi) is 6.31. The lowest BCUT2D eigenvalue weighted by molar-refractivity contribution is -0.137. The van der Waals surface area contributed by atoms with Crippen LogP contribution in [0.2, 0.25) is 0 Å². The molecule has 2 aromatic heterocycles. The van der Waals surface area contributed by atoms with Crippen LogP contribution in [-0.4, -0.2) is 46.3 Å². The maximum absolute atomic E-state index is 14.2. The molecule has 40 heavy (non-hydrogen) atoms. The number of oxazole rings is 1. The Hall–Kier alpha value is -4.28. The van der Waals surface area contributed by atoms with Crippen molar-refractivity contribution in [3.05, 3.63) is 70.0 Å². The molecule has 1 atom stereocenters. The van der Waals surface area contributed by atoms with E-state index in [0.717, 1.165) is 50.6 Å². The first-order valence-electron chi connectivity index (χ1n) is 13.2. The van der Waals surface area contributed by atoms with Gasteiger partial charge in [0.15, 0.2) is 11.0 Å². The van der Waals surface area contributed by atoms with Gasteiger partial charge in [-0.05, 0) is 62.4 Å². The van der Waals surface area contributed by atoms with Crippen molar-refractivity contribution in [3.8, 4) is 16.9 Å². The van der Waals surface area contributed by atoms with Gasteiger partial charge in [0.1, 0.15) is 11.1 Å². The first-order chi connectivity index (χ1) is 19.1. The lowest BCUT2D eigenvalue weighted by Gasteiger charge is -2.24. The van der Waals surface area contributed by atoms with Gasteiger partial charge in [-0.2, -0.15) is 18.2 Å². The molecule has 0 aliphatic carbocycles. The second-order valence-electron chi connectivity index (χ2n) is 10.4. The normalized spacial score (nSPS) is 17.8. The number of hydrogen-bond acceptors (Lipinski definition) is 6. The third-order valence-corrected chi connectivity index (χ3v) is 7.76. The van der Waals surface area contributed by atoms with Gasteiger partial charge in [0.05, 0.1) is 11.3 Å². The molecular formula is C29H27F3N4O4. The third kappa shape index (κ3) is 4.59. The molecule has 0 spiro atoms. The minimum Gasteiger partial charge on any atom is -0.477 e. The van der Waals surface area contributed by atoms with Crippen LogP contribution in [0.25, 0.3) is 28.0 Å². The summed E-state index contributed by atoms with van der Waals surface area (Å²) >= 11 is 0. The van der Waals surface area contributed by atoms with Crippen LogP contribution in [0.1, 0.15) is 48.5 Å². The van der Waals surface area contributed by atoms with Crippen molar-refractivity contribution in [3.63, 3.8) is 0 Å². The summed E-state index contributed by atoms with van der Waals surface area (Å²) in [6, 6.07) is 10.8. The van der Waals surface area contributed by atoms with Crippen LogP contribution in [0.15, 0.2) is 57.9 Å². The summed E-state index contributed by atoms with van der Waals surface area (Å²) in [5.41, 5.74) is -0.310. The van der Waals surface area contributed by atoms with E-state index in [2.05, 4.69) is 16.8 Å². The molecule has 8 nitrogen and oxygen atoms in total. The van der Waals surface area contributed by atoms with Gasteiger partial charge in [-0.1, -0.05) is 6.07 Å². The minimum absolute atomic E-state index is 0.0940. The number of aromatic nitrogens is 2. The number of anilines is 2. The molecule has 0 bridgehead atoms. The van der Waals surface area contributed by atoms with Gasteiger partial charge in [-0.3, -0.25) is 4.79 Å². The number of carboxylic acids is 1. The average Bonchev–Trinajstić information content (AvgIpc) is 3.68. The minimum atomic E-state index is -4.62. The quantitative estimate of drug-likeness (QED) is 0.327. The number of nitrogens with zero attached hydrogens (tertiary/aromatic N) is 4. The van der Waals surface area contributed by atoms with Crippen molar-refractivity contribution >= 4 is 28.8 Å². The van der Waals surface area contributed by atoms with Crippen LogP contribution < -0.4 is 15.2 Å². The SMILES string of the molecule is CC1CCCN1c1nc2ccc(-n3cc(C(=O)O)c(=O)cc3-c3ccc(N4CCCC4)c(C(F)(F)F)c3)cc2o1. The summed E-state index contributed by atoms with van der Waals surface area (Å²) in [4.78, 5) is 32.9. The standard InChI is InChI=1S/C29H27F3N4O4/c1-17-5-4-12-35(17)28-33-22-8-7-19(14-26(22)40-28)36-16-20(27(38)39)25(37)15-24(36)18-6-9-23(34-10-2-3-11-34)21(13-18)29(30,31)32/h6-9,13-17H,2-5,10-12H2,1H3,(H,38,39). The number of carboxylic acid groups (broad SMARTS) is 1. The Labute approximate surface area is 227 Å². The summed E-state index contributed by atoms with van der Waals surface area (Å²) in [5.74, 6) is -1.43. The van der Waals surface area contributed by atoms with Crippen molar-refractivity contribution < 1.29 is 27.5 Å². The van der Waals surface area contributed by atoms with Gasteiger partial charge in [-0.25, -0.2) is 4.79 Å². The van der Waals surface area contributed by atoms with E-state index in [1.807, 2.05) is 0 Å². The largest absolute Gasteiger partial charge is 0.477 e. The molecule has 2 saturated heterocycles. The van der Waals surface area contributed by atoms with Crippen LogP contribution >= 0.6 is 0 Å². The third-order valence-electron chi connectivity index (χ3n) is 7.76. The number of hydrogen-bond donors (Lipinski definition) is 1. The highest BCUT2D eigenvalue weighted by Gasteiger charge is 2.36. The van der Waals surface area contributed by atoms with E-state index in [-0.39, 0.29) is 23.0 Å². The summed E-state index contributed by atoms with van der Waals surface area (Å²) in [5, 5.41) is 9.63. The van der Waals surface area contributed by atoms with Crippen molar-refractivity contribution in [2.45, 2.75) is 44.8 Å². The van der Waals surface area contributed by atoms with E-state index in [1.54, 1.807) is 23.1 Å². The van der Waals surface area contributed by atoms with Crippen molar-refractivity contribution in [1.82, 2.24) is 9.55 Å². The summed E-state index contributed by atoms with van der Waals surface area (Å²) in [6.45, 7) is 3.99. The molecule has 0 saturated carbocycles. The Morgan fingerprint density at radius 1 is 1.05 bits per heavy atom. The van der Waals surface area contributed by atoms with E-state index in [4.69, 9.17) is 4.42 Å². The highest BCUT2D eigenvalue weighted by atomic mass is 19.4. The fourth-order valence-corrected chi connectivity index (χ4v) is 5.68. The number of aromatic carboxylic acids is 1. The molecule has 1 unspecified atom stereocenters. The highest BCUT2D eigenvalue weighted by Crippen LogP contribution is 2.40. The van der Waals surface area contributed by atoms with Gasteiger partial charge in [-0.15, -0.1) is 0 Å². The zero-order valence-electron chi connectivity index (χ0n) is 21.7. The zero-order valence-corrected chi connectivity index (χ0v) is 21.7. The van der Waals surface area contributed by atoms with Crippen LogP contribution in [0.4, 0.5) is 24.9 Å². The van der Waals surface area contributed by atoms with Crippen molar-refractivity contribution in [1.29, 1.82) is 0 Å².